The van der Waals surface area contributed by atoms with E-state index >= 15 is 0 Å². The second kappa shape index (κ2) is 4.58. The summed E-state index contributed by atoms with van der Waals surface area (Å²) < 4.78 is 30.7. The summed E-state index contributed by atoms with van der Waals surface area (Å²) in [5.41, 5.74) is 0.628. The molecule has 2 rings (SSSR count). The van der Waals surface area contributed by atoms with Crippen LogP contribution in [0, 0.1) is 0 Å². The summed E-state index contributed by atoms with van der Waals surface area (Å²) >= 11 is 0. The molecule has 0 unspecified atom stereocenters. The Kier molecular flexibility index (Phi) is 3.27. The van der Waals surface area contributed by atoms with Crippen molar-refractivity contribution in [3.8, 4) is 0 Å². The van der Waals surface area contributed by atoms with Crippen molar-refractivity contribution in [2.24, 2.45) is 0 Å². The molecule has 0 bridgehead atoms. The number of carbonyl (C=O) groups excluding carboxylic acids is 1. The van der Waals surface area contributed by atoms with E-state index in [9.17, 15) is 13.2 Å². The molecule has 98 valence electrons. The highest BCUT2D eigenvalue weighted by molar-refractivity contribution is 7.85. The van der Waals surface area contributed by atoms with E-state index in [4.69, 9.17) is 4.55 Å². The summed E-state index contributed by atoms with van der Waals surface area (Å²) in [6.07, 6.45) is 0. The number of benzene rings is 1. The molecule has 1 saturated heterocycles. The van der Waals surface area contributed by atoms with E-state index in [1.165, 1.54) is 24.3 Å². The molecule has 0 aromatic heterocycles. The predicted molar refractivity (Wildman–Crippen MR) is 66.2 cm³/mol. The topological polar surface area (TPSA) is 77.9 Å². The molecular weight excluding hydrogens is 256 g/mol. The second-order valence-corrected chi connectivity index (χ2v) is 5.40. The molecule has 18 heavy (non-hydrogen) atoms. The molecule has 0 atom stereocenters. The standard InChI is InChI=1S/C11H14N2O4S/c1-2-12-7-8-13(11(12)14)9-3-5-10(6-4-9)18(15,16)17/h3-6H,2,7-8H2,1H3,(H,15,16,17). The smallest absolute Gasteiger partial charge is 0.323 e. The maximum Gasteiger partial charge on any atom is 0.324 e. The van der Waals surface area contributed by atoms with E-state index in [-0.39, 0.29) is 10.9 Å². The highest BCUT2D eigenvalue weighted by Gasteiger charge is 2.28. The lowest BCUT2D eigenvalue weighted by atomic mass is 10.3. The zero-order chi connectivity index (χ0) is 13.3. The van der Waals surface area contributed by atoms with Crippen molar-refractivity contribution in [1.82, 2.24) is 4.90 Å². The van der Waals surface area contributed by atoms with Gasteiger partial charge in [0.2, 0.25) is 0 Å². The molecule has 1 aliphatic rings. The Bertz CT molecular complexity index is 553. The lowest BCUT2D eigenvalue weighted by molar-refractivity contribution is 0.223. The Morgan fingerprint density at radius 2 is 1.83 bits per heavy atom. The van der Waals surface area contributed by atoms with E-state index in [0.29, 0.717) is 25.3 Å². The summed E-state index contributed by atoms with van der Waals surface area (Å²) in [6.45, 7) is 3.80. The third kappa shape index (κ3) is 2.32. The van der Waals surface area contributed by atoms with E-state index in [1.54, 1.807) is 9.80 Å². The van der Waals surface area contributed by atoms with Gasteiger partial charge in [0.1, 0.15) is 0 Å². The first-order chi connectivity index (χ1) is 8.43. The van der Waals surface area contributed by atoms with Crippen LogP contribution in [-0.2, 0) is 10.1 Å². The van der Waals surface area contributed by atoms with Gasteiger partial charge in [-0.05, 0) is 31.2 Å². The first-order valence-corrected chi connectivity index (χ1v) is 7.01. The molecule has 0 aliphatic carbocycles. The minimum absolute atomic E-state index is 0.0860. The quantitative estimate of drug-likeness (QED) is 0.837. The normalized spacial score (nSPS) is 16.4. The summed E-state index contributed by atoms with van der Waals surface area (Å²) in [6, 6.07) is 5.51. The highest BCUT2D eigenvalue weighted by atomic mass is 32.2. The summed E-state index contributed by atoms with van der Waals surface area (Å²) in [5, 5.41) is 0. The van der Waals surface area contributed by atoms with E-state index in [1.807, 2.05) is 6.92 Å². The predicted octanol–water partition coefficient (Wildman–Crippen LogP) is 1.20. The minimum Gasteiger partial charge on any atom is -0.323 e. The minimum atomic E-state index is -4.19. The highest BCUT2D eigenvalue weighted by Crippen LogP contribution is 2.22. The zero-order valence-electron chi connectivity index (χ0n) is 9.91. The third-order valence-electron chi connectivity index (χ3n) is 2.92. The molecule has 1 aromatic carbocycles. The average molecular weight is 270 g/mol. The third-order valence-corrected chi connectivity index (χ3v) is 3.79. The Hall–Kier alpha value is -1.60. The number of nitrogens with zero attached hydrogens (tertiary/aromatic N) is 2. The number of amides is 2. The largest absolute Gasteiger partial charge is 0.324 e. The van der Waals surface area contributed by atoms with Crippen LogP contribution in [0.15, 0.2) is 29.2 Å². The number of hydrogen-bond donors (Lipinski definition) is 1. The first-order valence-electron chi connectivity index (χ1n) is 5.57. The lowest BCUT2D eigenvalue weighted by Gasteiger charge is -2.17. The van der Waals surface area contributed by atoms with Gasteiger partial charge in [0.15, 0.2) is 0 Å². The molecular formula is C11H14N2O4S. The van der Waals surface area contributed by atoms with Crippen LogP contribution in [0.25, 0.3) is 0 Å². The van der Waals surface area contributed by atoms with Crippen molar-refractivity contribution < 1.29 is 17.8 Å². The molecule has 0 spiro atoms. The van der Waals surface area contributed by atoms with Gasteiger partial charge in [-0.15, -0.1) is 0 Å². The monoisotopic (exact) mass is 270 g/mol. The van der Waals surface area contributed by atoms with Gasteiger partial charge in [-0.25, -0.2) is 4.79 Å². The van der Waals surface area contributed by atoms with Crippen LogP contribution in [0.1, 0.15) is 6.92 Å². The Balaban J connectivity index is 2.24. The molecule has 0 radical (unpaired) electrons. The van der Waals surface area contributed by atoms with E-state index < -0.39 is 10.1 Å². The molecule has 1 aromatic rings. The van der Waals surface area contributed by atoms with Gasteiger partial charge >= 0.3 is 6.03 Å². The maximum absolute atomic E-state index is 11.9. The Morgan fingerprint density at radius 1 is 1.22 bits per heavy atom. The fourth-order valence-corrected chi connectivity index (χ4v) is 2.39. The SMILES string of the molecule is CCN1CCN(c2ccc(S(=O)(=O)O)cc2)C1=O. The molecule has 7 heteroatoms. The van der Waals surface area contributed by atoms with Crippen molar-refractivity contribution in [2.75, 3.05) is 24.5 Å². The number of urea groups is 1. The Labute approximate surface area is 106 Å². The average Bonchev–Trinajstić information content (AvgIpc) is 2.69. The van der Waals surface area contributed by atoms with Crippen LogP contribution in [-0.4, -0.2) is 43.5 Å². The molecule has 2 amide bonds. The van der Waals surface area contributed by atoms with Crippen molar-refractivity contribution >= 4 is 21.8 Å². The molecule has 1 N–H and O–H groups in total. The fourth-order valence-electron chi connectivity index (χ4n) is 1.91. The van der Waals surface area contributed by atoms with Crippen molar-refractivity contribution in [1.29, 1.82) is 0 Å². The Morgan fingerprint density at radius 3 is 2.28 bits per heavy atom. The van der Waals surface area contributed by atoms with Crippen molar-refractivity contribution in [3.63, 3.8) is 0 Å². The van der Waals surface area contributed by atoms with Crippen LogP contribution in [0.2, 0.25) is 0 Å². The van der Waals surface area contributed by atoms with Crippen LogP contribution in [0.4, 0.5) is 10.5 Å². The number of carbonyl (C=O) groups is 1. The van der Waals surface area contributed by atoms with Gasteiger partial charge in [0.25, 0.3) is 10.1 Å². The lowest BCUT2D eigenvalue weighted by Crippen LogP contribution is -2.31. The van der Waals surface area contributed by atoms with E-state index in [2.05, 4.69) is 0 Å². The summed E-state index contributed by atoms with van der Waals surface area (Å²) in [4.78, 5) is 15.0. The zero-order valence-corrected chi connectivity index (χ0v) is 10.7. The summed E-state index contributed by atoms with van der Waals surface area (Å²) in [5.74, 6) is 0. The molecule has 0 saturated carbocycles. The molecule has 1 aliphatic heterocycles. The second-order valence-electron chi connectivity index (χ2n) is 3.98. The van der Waals surface area contributed by atoms with E-state index in [0.717, 1.165) is 0 Å². The van der Waals surface area contributed by atoms with Gasteiger partial charge in [-0.2, -0.15) is 8.42 Å². The molecule has 1 heterocycles. The molecule has 1 fully saturated rings. The van der Waals surface area contributed by atoms with Gasteiger partial charge in [-0.3, -0.25) is 9.45 Å². The fraction of sp³-hybridized carbons (Fsp3) is 0.364. The van der Waals surface area contributed by atoms with Gasteiger partial charge in [0.05, 0.1) is 4.90 Å². The van der Waals surface area contributed by atoms with Gasteiger partial charge in [0, 0.05) is 25.3 Å². The van der Waals surface area contributed by atoms with Crippen LogP contribution in [0.3, 0.4) is 0 Å². The van der Waals surface area contributed by atoms with Crippen molar-refractivity contribution in [2.45, 2.75) is 11.8 Å². The summed E-state index contributed by atoms with van der Waals surface area (Å²) in [7, 11) is -4.19. The van der Waals surface area contributed by atoms with Gasteiger partial charge in [-0.1, -0.05) is 0 Å². The maximum atomic E-state index is 11.9. The molecule has 6 nitrogen and oxygen atoms in total. The van der Waals surface area contributed by atoms with Gasteiger partial charge < -0.3 is 4.90 Å². The number of likely N-dealkylation sites (N-methyl/N-ethyl adjacent to an activating group) is 1. The number of hydrogen-bond acceptors (Lipinski definition) is 3. The number of rotatable bonds is 3. The van der Waals surface area contributed by atoms with Crippen LogP contribution < -0.4 is 4.90 Å². The first kappa shape index (κ1) is 12.8. The number of anilines is 1. The van der Waals surface area contributed by atoms with Crippen LogP contribution >= 0.6 is 0 Å². The van der Waals surface area contributed by atoms with Crippen LogP contribution in [0.5, 0.6) is 0 Å². The van der Waals surface area contributed by atoms with Crippen molar-refractivity contribution in [3.05, 3.63) is 24.3 Å².